The van der Waals surface area contributed by atoms with Crippen molar-refractivity contribution in [2.24, 2.45) is 0 Å². The molecule has 2 aromatic rings. The van der Waals surface area contributed by atoms with E-state index >= 15 is 0 Å². The summed E-state index contributed by atoms with van der Waals surface area (Å²) < 4.78 is 5.00. The maximum atomic E-state index is 12.0. The number of esters is 1. The van der Waals surface area contributed by atoms with Crippen molar-refractivity contribution in [1.29, 1.82) is 5.26 Å². The topological polar surface area (TPSA) is 79.2 Å². The van der Waals surface area contributed by atoms with Gasteiger partial charge in [-0.15, -0.1) is 11.8 Å². The first-order chi connectivity index (χ1) is 13.1. The van der Waals surface area contributed by atoms with Crippen molar-refractivity contribution >= 4 is 35.2 Å². The third-order valence-corrected chi connectivity index (χ3v) is 5.10. The molecule has 2 rings (SSSR count). The van der Waals surface area contributed by atoms with Crippen molar-refractivity contribution in [2.75, 3.05) is 18.9 Å². The minimum Gasteiger partial charge on any atom is -0.455 e. The first-order valence-electron chi connectivity index (χ1n) is 8.31. The van der Waals surface area contributed by atoms with Gasteiger partial charge in [-0.2, -0.15) is 5.26 Å². The number of nitriles is 1. The molecule has 0 saturated heterocycles. The fraction of sp³-hybridized carbons (Fsp3) is 0.250. The molecule has 1 amide bonds. The minimum atomic E-state index is -0.467. The van der Waals surface area contributed by atoms with Crippen LogP contribution in [0.25, 0.3) is 0 Å². The second-order valence-electron chi connectivity index (χ2n) is 5.57. The molecule has 27 heavy (non-hydrogen) atoms. The van der Waals surface area contributed by atoms with Crippen molar-refractivity contribution in [3.63, 3.8) is 0 Å². The van der Waals surface area contributed by atoms with Gasteiger partial charge in [0, 0.05) is 11.6 Å². The number of nitrogens with zero attached hydrogens (tertiary/aromatic N) is 1. The Hall–Kier alpha value is -2.49. The van der Waals surface area contributed by atoms with Gasteiger partial charge in [0.05, 0.1) is 23.5 Å². The van der Waals surface area contributed by atoms with Crippen LogP contribution in [0.15, 0.2) is 54.6 Å². The molecule has 0 heterocycles. The summed E-state index contributed by atoms with van der Waals surface area (Å²) in [5.41, 5.74) is 2.09. The molecule has 0 fully saturated rings. The van der Waals surface area contributed by atoms with E-state index in [4.69, 9.17) is 21.6 Å². The predicted octanol–water partition coefficient (Wildman–Crippen LogP) is 3.74. The molecule has 140 valence electrons. The highest BCUT2D eigenvalue weighted by Crippen LogP contribution is 2.36. The fourth-order valence-corrected chi connectivity index (χ4v) is 3.51. The van der Waals surface area contributed by atoms with Crippen molar-refractivity contribution in [3.8, 4) is 6.07 Å². The van der Waals surface area contributed by atoms with Crippen LogP contribution in [0.1, 0.15) is 22.8 Å². The minimum absolute atomic E-state index is 0.0551. The molecule has 1 N–H and O–H groups in total. The van der Waals surface area contributed by atoms with Crippen molar-refractivity contribution in [1.82, 2.24) is 5.32 Å². The van der Waals surface area contributed by atoms with Gasteiger partial charge in [-0.3, -0.25) is 9.59 Å². The third-order valence-electron chi connectivity index (χ3n) is 3.57. The number of thioether (sulfide) groups is 1. The van der Waals surface area contributed by atoms with Crippen molar-refractivity contribution in [3.05, 3.63) is 70.7 Å². The van der Waals surface area contributed by atoms with Crippen LogP contribution >= 0.6 is 23.4 Å². The second kappa shape index (κ2) is 11.3. The summed E-state index contributed by atoms with van der Waals surface area (Å²) in [7, 11) is 0. The van der Waals surface area contributed by atoms with Gasteiger partial charge in [0.1, 0.15) is 0 Å². The number of nitrogens with one attached hydrogen (secondary N) is 1. The zero-order valence-corrected chi connectivity index (χ0v) is 16.1. The molecule has 0 aliphatic carbocycles. The molecular weight excluding hydrogens is 384 g/mol. The number of amides is 1. The Bertz CT molecular complexity index is 791. The van der Waals surface area contributed by atoms with Crippen LogP contribution in [-0.2, 0) is 14.3 Å². The van der Waals surface area contributed by atoms with E-state index in [1.54, 1.807) is 0 Å². The normalized spacial score (nSPS) is 11.3. The summed E-state index contributed by atoms with van der Waals surface area (Å²) in [4.78, 5) is 23.5. The summed E-state index contributed by atoms with van der Waals surface area (Å²) in [5.74, 6) is -0.778. The molecule has 2 aromatic carbocycles. The SMILES string of the molecule is N#CCCNC(=O)COC(=O)CS[C@H](c1ccccc1)c1ccc(Cl)cc1. The van der Waals surface area contributed by atoms with E-state index in [0.717, 1.165) is 11.1 Å². The summed E-state index contributed by atoms with van der Waals surface area (Å²) in [6, 6.07) is 19.2. The fourth-order valence-electron chi connectivity index (χ4n) is 2.30. The predicted molar refractivity (Wildman–Crippen MR) is 106 cm³/mol. The average Bonchev–Trinajstić information content (AvgIpc) is 2.69. The highest BCUT2D eigenvalue weighted by molar-refractivity contribution is 8.00. The summed E-state index contributed by atoms with van der Waals surface area (Å²) in [5, 5.41) is 11.5. The van der Waals surface area contributed by atoms with E-state index in [9.17, 15) is 9.59 Å². The average molecular weight is 403 g/mol. The molecule has 0 aliphatic heterocycles. The van der Waals surface area contributed by atoms with Gasteiger partial charge in [0.15, 0.2) is 6.61 Å². The van der Waals surface area contributed by atoms with Gasteiger partial charge in [0.25, 0.3) is 5.91 Å². The molecule has 0 spiro atoms. The molecule has 5 nitrogen and oxygen atoms in total. The Balaban J connectivity index is 1.92. The number of hydrogen-bond donors (Lipinski definition) is 1. The Morgan fingerprint density at radius 3 is 2.44 bits per heavy atom. The lowest BCUT2D eigenvalue weighted by Gasteiger charge is -2.17. The quantitative estimate of drug-likeness (QED) is 0.510. The van der Waals surface area contributed by atoms with Gasteiger partial charge in [-0.05, 0) is 23.3 Å². The van der Waals surface area contributed by atoms with Gasteiger partial charge < -0.3 is 10.1 Å². The molecule has 0 radical (unpaired) electrons. The smallest absolute Gasteiger partial charge is 0.316 e. The number of carbonyl (C=O) groups excluding carboxylic acids is 2. The number of rotatable bonds is 9. The number of halogens is 1. The maximum absolute atomic E-state index is 12.0. The first-order valence-corrected chi connectivity index (χ1v) is 9.74. The molecule has 0 aromatic heterocycles. The van der Waals surface area contributed by atoms with Crippen LogP contribution < -0.4 is 5.32 Å². The van der Waals surface area contributed by atoms with E-state index < -0.39 is 11.9 Å². The maximum Gasteiger partial charge on any atom is 0.316 e. The van der Waals surface area contributed by atoms with Crippen molar-refractivity contribution < 1.29 is 14.3 Å². The molecule has 0 aliphatic rings. The lowest BCUT2D eigenvalue weighted by atomic mass is 10.0. The Labute approximate surface area is 167 Å². The highest BCUT2D eigenvalue weighted by atomic mass is 35.5. The van der Waals surface area contributed by atoms with E-state index in [1.807, 2.05) is 60.7 Å². The zero-order valence-electron chi connectivity index (χ0n) is 14.6. The van der Waals surface area contributed by atoms with Crippen LogP contribution in [0.2, 0.25) is 5.02 Å². The van der Waals surface area contributed by atoms with Crippen LogP contribution in [0.4, 0.5) is 0 Å². The third kappa shape index (κ3) is 7.33. The molecule has 1 atom stereocenters. The largest absolute Gasteiger partial charge is 0.455 e. The molecule has 7 heteroatoms. The lowest BCUT2D eigenvalue weighted by molar-refractivity contribution is -0.145. The van der Waals surface area contributed by atoms with Crippen molar-refractivity contribution in [2.45, 2.75) is 11.7 Å². The molecular formula is C20H19ClN2O3S. The van der Waals surface area contributed by atoms with Crippen LogP contribution in [0.3, 0.4) is 0 Å². The first kappa shape index (κ1) is 20.8. The molecule has 0 saturated carbocycles. The Morgan fingerprint density at radius 1 is 1.11 bits per heavy atom. The van der Waals surface area contributed by atoms with Crippen LogP contribution in [-0.4, -0.2) is 30.8 Å². The summed E-state index contributed by atoms with van der Waals surface area (Å²) in [6.07, 6.45) is 0.218. The Morgan fingerprint density at radius 2 is 1.78 bits per heavy atom. The monoisotopic (exact) mass is 402 g/mol. The van der Waals surface area contributed by atoms with Gasteiger partial charge >= 0.3 is 5.97 Å². The summed E-state index contributed by atoms with van der Waals surface area (Å²) >= 11 is 7.39. The number of benzene rings is 2. The van der Waals surface area contributed by atoms with Gasteiger partial charge in [-0.25, -0.2) is 0 Å². The number of carbonyl (C=O) groups is 2. The van der Waals surface area contributed by atoms with Crippen LogP contribution in [0.5, 0.6) is 0 Å². The summed E-state index contributed by atoms with van der Waals surface area (Å²) in [6.45, 7) is -0.101. The number of hydrogen-bond acceptors (Lipinski definition) is 5. The molecule has 0 unspecified atom stereocenters. The van der Waals surface area contributed by atoms with E-state index in [1.165, 1.54) is 11.8 Å². The standard InChI is InChI=1S/C20H19ClN2O3S/c21-17-9-7-16(8-10-17)20(15-5-2-1-3-6-15)27-14-19(25)26-13-18(24)23-12-4-11-22/h1-3,5-10,20H,4,12-14H2,(H,23,24)/t20-/m1/s1. The van der Waals surface area contributed by atoms with Gasteiger partial charge in [-0.1, -0.05) is 54.1 Å². The van der Waals surface area contributed by atoms with Crippen LogP contribution in [0, 0.1) is 11.3 Å². The zero-order chi connectivity index (χ0) is 19.5. The van der Waals surface area contributed by atoms with E-state index in [2.05, 4.69) is 5.32 Å². The lowest BCUT2D eigenvalue weighted by Crippen LogP contribution is -2.29. The number of ether oxygens (including phenoxy) is 1. The second-order valence-corrected chi connectivity index (χ2v) is 7.10. The highest BCUT2D eigenvalue weighted by Gasteiger charge is 2.17. The molecule has 0 bridgehead atoms. The van der Waals surface area contributed by atoms with Gasteiger partial charge in [0.2, 0.25) is 0 Å². The van der Waals surface area contributed by atoms with E-state index in [0.29, 0.717) is 5.02 Å². The Kier molecular flexibility index (Phi) is 8.69. The van der Waals surface area contributed by atoms with E-state index in [-0.39, 0.29) is 30.6 Å².